The predicted molar refractivity (Wildman–Crippen MR) is 102 cm³/mol. The molecule has 0 radical (unpaired) electrons. The number of amides is 1. The fourth-order valence-electron chi connectivity index (χ4n) is 3.68. The van der Waals surface area contributed by atoms with Crippen LogP contribution in [0.15, 0.2) is 42.3 Å². The van der Waals surface area contributed by atoms with Gasteiger partial charge in [0.25, 0.3) is 11.8 Å². The molecule has 2 aliphatic rings. The Morgan fingerprint density at radius 3 is 2.89 bits per heavy atom. The molecule has 1 aromatic carbocycles. The van der Waals surface area contributed by atoms with Gasteiger partial charge in [-0.3, -0.25) is 10.1 Å². The average molecular weight is 388 g/mol. The molecular formula is C19H18F2N4OS. The number of aromatic amines is 1. The third kappa shape index (κ3) is 3.39. The molecule has 2 aliphatic heterocycles. The normalized spacial score (nSPS) is 21.4. The minimum atomic E-state index is -2.67. The molecule has 3 N–H and O–H groups in total. The van der Waals surface area contributed by atoms with E-state index in [4.69, 9.17) is 12.2 Å². The van der Waals surface area contributed by atoms with Crippen molar-refractivity contribution < 1.29 is 13.6 Å². The van der Waals surface area contributed by atoms with Crippen LogP contribution in [0.2, 0.25) is 0 Å². The van der Waals surface area contributed by atoms with Crippen molar-refractivity contribution in [3.8, 4) is 0 Å². The SMILES string of the molecule is O=C1NC(=C=S)N(Cc2ccccc2[C@@H]2CC(F)(F)CCN2)c2cc[nH]c21. The van der Waals surface area contributed by atoms with E-state index in [0.29, 0.717) is 23.7 Å². The number of hydrogen-bond acceptors (Lipinski definition) is 4. The first-order chi connectivity index (χ1) is 13.0. The molecule has 140 valence electrons. The fraction of sp³-hybridized carbons (Fsp3) is 0.316. The van der Waals surface area contributed by atoms with Crippen LogP contribution in [0.25, 0.3) is 0 Å². The zero-order valence-electron chi connectivity index (χ0n) is 14.4. The lowest BCUT2D eigenvalue weighted by molar-refractivity contribution is -0.0416. The van der Waals surface area contributed by atoms with Gasteiger partial charge in [0.1, 0.15) is 5.69 Å². The summed E-state index contributed by atoms with van der Waals surface area (Å²) < 4.78 is 27.8. The van der Waals surface area contributed by atoms with Crippen LogP contribution in [0.1, 0.15) is 40.5 Å². The molecule has 0 spiro atoms. The summed E-state index contributed by atoms with van der Waals surface area (Å²) in [5.74, 6) is -2.57. The van der Waals surface area contributed by atoms with E-state index in [2.05, 4.69) is 20.6 Å². The van der Waals surface area contributed by atoms with Crippen LogP contribution in [0.4, 0.5) is 14.5 Å². The van der Waals surface area contributed by atoms with E-state index in [1.165, 1.54) is 0 Å². The van der Waals surface area contributed by atoms with E-state index < -0.39 is 12.0 Å². The minimum Gasteiger partial charge on any atom is -0.355 e. The number of rotatable bonds is 3. The second kappa shape index (κ2) is 6.88. The molecule has 8 heteroatoms. The van der Waals surface area contributed by atoms with Crippen molar-refractivity contribution in [3.05, 3.63) is 59.2 Å². The van der Waals surface area contributed by atoms with E-state index in [-0.39, 0.29) is 25.3 Å². The molecule has 27 heavy (non-hydrogen) atoms. The third-order valence-corrected chi connectivity index (χ3v) is 5.18. The maximum atomic E-state index is 13.9. The van der Waals surface area contributed by atoms with E-state index in [0.717, 1.165) is 11.1 Å². The molecule has 0 unspecified atom stereocenters. The molecule has 1 amide bonds. The summed E-state index contributed by atoms with van der Waals surface area (Å²) >= 11 is 4.94. The van der Waals surface area contributed by atoms with Crippen LogP contribution in [-0.4, -0.2) is 28.4 Å². The summed E-state index contributed by atoms with van der Waals surface area (Å²) in [5.41, 5.74) is 2.83. The maximum absolute atomic E-state index is 13.9. The minimum absolute atomic E-state index is 0.145. The van der Waals surface area contributed by atoms with Crippen molar-refractivity contribution >= 4 is 28.8 Å². The highest BCUT2D eigenvalue weighted by Gasteiger charge is 2.37. The van der Waals surface area contributed by atoms with E-state index in [9.17, 15) is 13.6 Å². The van der Waals surface area contributed by atoms with Gasteiger partial charge in [0.15, 0.2) is 5.82 Å². The summed E-state index contributed by atoms with van der Waals surface area (Å²) in [4.78, 5) is 16.9. The fourth-order valence-corrected chi connectivity index (χ4v) is 3.84. The Morgan fingerprint density at radius 1 is 1.30 bits per heavy atom. The summed E-state index contributed by atoms with van der Waals surface area (Å²) in [7, 11) is 0. The number of piperidine rings is 1. The van der Waals surface area contributed by atoms with Crippen LogP contribution >= 0.6 is 12.2 Å². The predicted octanol–water partition coefficient (Wildman–Crippen LogP) is 3.26. The molecule has 0 saturated carbocycles. The summed E-state index contributed by atoms with van der Waals surface area (Å²) in [6, 6.07) is 8.87. The van der Waals surface area contributed by atoms with Crippen LogP contribution < -0.4 is 15.5 Å². The standard InChI is InChI=1S/C19H18F2N4OS/c20-19(21)6-8-22-14(9-19)13-4-2-1-3-12(13)10-25-15-5-7-23-17(15)18(26)24-16(25)11-27/h1-5,7,14,22-23H,6,8-10H2,(H,24,26)/t14-/m0/s1. The second-order valence-electron chi connectivity index (χ2n) is 6.74. The number of carbonyl (C=O) groups excluding carboxylic acids is 1. The highest BCUT2D eigenvalue weighted by Crippen LogP contribution is 2.36. The number of halogens is 2. The van der Waals surface area contributed by atoms with Gasteiger partial charge in [0, 0.05) is 31.6 Å². The Morgan fingerprint density at radius 2 is 2.11 bits per heavy atom. The number of anilines is 1. The Balaban J connectivity index is 1.69. The second-order valence-corrected chi connectivity index (χ2v) is 6.95. The number of fused-ring (bicyclic) bond motifs is 1. The summed E-state index contributed by atoms with van der Waals surface area (Å²) in [5, 5.41) is 8.50. The van der Waals surface area contributed by atoms with Gasteiger partial charge in [-0.15, -0.1) is 0 Å². The molecule has 1 aromatic heterocycles. The Bertz CT molecular complexity index is 935. The monoisotopic (exact) mass is 388 g/mol. The molecule has 4 rings (SSSR count). The molecule has 0 bridgehead atoms. The summed E-state index contributed by atoms with van der Waals surface area (Å²) in [6.45, 7) is 0.656. The third-order valence-electron chi connectivity index (χ3n) is 4.98. The molecule has 1 atom stereocenters. The van der Waals surface area contributed by atoms with Crippen LogP contribution in [-0.2, 0) is 6.54 Å². The molecule has 0 aliphatic carbocycles. The van der Waals surface area contributed by atoms with Crippen molar-refractivity contribution in [3.63, 3.8) is 0 Å². The van der Waals surface area contributed by atoms with Gasteiger partial charge in [-0.1, -0.05) is 24.3 Å². The molecule has 2 aromatic rings. The van der Waals surface area contributed by atoms with Crippen LogP contribution in [0.3, 0.4) is 0 Å². The molecule has 3 heterocycles. The Labute approximate surface area is 160 Å². The number of thiocarbonyl (C=S) groups is 1. The number of aromatic nitrogens is 1. The number of nitrogens with zero attached hydrogens (tertiary/aromatic N) is 1. The number of alkyl halides is 2. The van der Waals surface area contributed by atoms with Crippen molar-refractivity contribution in [1.29, 1.82) is 0 Å². The van der Waals surface area contributed by atoms with Gasteiger partial charge in [0.05, 0.1) is 12.2 Å². The number of nitrogens with one attached hydrogen (secondary N) is 3. The first-order valence-corrected chi connectivity index (χ1v) is 9.10. The van der Waals surface area contributed by atoms with E-state index >= 15 is 0 Å². The lowest BCUT2D eigenvalue weighted by Crippen LogP contribution is -2.42. The highest BCUT2D eigenvalue weighted by atomic mass is 32.1. The number of hydrogen-bond donors (Lipinski definition) is 3. The number of benzene rings is 1. The molecular weight excluding hydrogens is 370 g/mol. The average Bonchev–Trinajstić information content (AvgIpc) is 3.14. The smallest absolute Gasteiger partial charge is 0.275 e. The van der Waals surface area contributed by atoms with Crippen molar-refractivity contribution in [2.75, 3.05) is 11.4 Å². The van der Waals surface area contributed by atoms with Gasteiger partial charge in [-0.05, 0) is 34.4 Å². The zero-order chi connectivity index (χ0) is 19.0. The topological polar surface area (TPSA) is 60.2 Å². The first kappa shape index (κ1) is 17.9. The number of carbonyl (C=O) groups is 1. The summed E-state index contributed by atoms with van der Waals surface area (Å²) in [6.07, 6.45) is 1.30. The van der Waals surface area contributed by atoms with Gasteiger partial charge in [-0.25, -0.2) is 8.78 Å². The number of H-pyrrole nitrogens is 1. The van der Waals surface area contributed by atoms with E-state index in [1.807, 2.05) is 29.2 Å². The maximum Gasteiger partial charge on any atom is 0.275 e. The quantitative estimate of drug-likeness (QED) is 0.707. The molecule has 5 nitrogen and oxygen atoms in total. The Kier molecular flexibility index (Phi) is 4.55. The van der Waals surface area contributed by atoms with Gasteiger partial charge < -0.3 is 15.2 Å². The van der Waals surface area contributed by atoms with Crippen molar-refractivity contribution in [1.82, 2.24) is 15.6 Å². The van der Waals surface area contributed by atoms with Crippen LogP contribution in [0.5, 0.6) is 0 Å². The van der Waals surface area contributed by atoms with Crippen molar-refractivity contribution in [2.45, 2.75) is 31.4 Å². The highest BCUT2D eigenvalue weighted by molar-refractivity contribution is 7.78. The van der Waals surface area contributed by atoms with Crippen molar-refractivity contribution in [2.24, 2.45) is 0 Å². The van der Waals surface area contributed by atoms with Gasteiger partial charge in [0.2, 0.25) is 0 Å². The largest absolute Gasteiger partial charge is 0.355 e. The zero-order valence-corrected chi connectivity index (χ0v) is 15.2. The van der Waals surface area contributed by atoms with Crippen LogP contribution in [0, 0.1) is 0 Å². The van der Waals surface area contributed by atoms with Gasteiger partial charge >= 0.3 is 0 Å². The molecule has 1 saturated heterocycles. The first-order valence-electron chi connectivity index (χ1n) is 8.69. The lowest BCUT2D eigenvalue weighted by Gasteiger charge is -2.34. The van der Waals surface area contributed by atoms with Gasteiger partial charge in [-0.2, -0.15) is 0 Å². The van der Waals surface area contributed by atoms with E-state index in [1.54, 1.807) is 12.3 Å². The Hall–Kier alpha value is -2.54. The molecule has 1 fully saturated rings. The lowest BCUT2D eigenvalue weighted by atomic mass is 9.91.